The number of aryl methyl sites for hydroxylation is 1. The van der Waals surface area contributed by atoms with Gasteiger partial charge in [-0.2, -0.15) is 0 Å². The average molecular weight is 379 g/mol. The third-order valence-electron chi connectivity index (χ3n) is 3.90. The third kappa shape index (κ3) is 5.12. The largest absolute Gasteiger partial charge is 0.469 e. The van der Waals surface area contributed by atoms with Crippen LogP contribution in [0.15, 0.2) is 30.3 Å². The number of amides is 1. The van der Waals surface area contributed by atoms with Crippen LogP contribution >= 0.6 is 11.3 Å². The highest BCUT2D eigenvalue weighted by atomic mass is 32.1. The minimum absolute atomic E-state index is 0.126. The first kappa shape index (κ1) is 20.1. The Kier molecular flexibility index (Phi) is 7.29. The quantitative estimate of drug-likeness (QED) is 0.659. The van der Waals surface area contributed by atoms with Crippen LogP contribution in [0.4, 0.5) is 4.39 Å². The fraction of sp³-hybridized carbons (Fsp3) is 0.368. The van der Waals surface area contributed by atoms with Crippen molar-refractivity contribution in [3.05, 3.63) is 46.6 Å². The van der Waals surface area contributed by atoms with E-state index in [1.54, 1.807) is 24.1 Å². The Balaban J connectivity index is 2.20. The number of carbonyl (C=O) groups excluding carboxylic acids is 2. The van der Waals surface area contributed by atoms with E-state index >= 15 is 0 Å². The molecule has 0 aliphatic carbocycles. The van der Waals surface area contributed by atoms with Gasteiger partial charge in [0, 0.05) is 25.1 Å². The highest BCUT2D eigenvalue weighted by molar-refractivity contribution is 7.17. The van der Waals surface area contributed by atoms with Crippen LogP contribution in [-0.4, -0.2) is 50.7 Å². The molecule has 0 fully saturated rings. The maximum absolute atomic E-state index is 13.1. The molecule has 1 aromatic carbocycles. The Morgan fingerprint density at radius 3 is 2.46 bits per heavy atom. The second-order valence-electron chi connectivity index (χ2n) is 5.74. The van der Waals surface area contributed by atoms with E-state index in [9.17, 15) is 14.0 Å². The van der Waals surface area contributed by atoms with Gasteiger partial charge in [-0.25, -0.2) is 4.39 Å². The monoisotopic (exact) mass is 379 g/mol. The van der Waals surface area contributed by atoms with Crippen molar-refractivity contribution < 1.29 is 23.5 Å². The molecule has 2 rings (SSSR count). The normalized spacial score (nSPS) is 10.6. The van der Waals surface area contributed by atoms with Gasteiger partial charge >= 0.3 is 5.97 Å². The molecule has 26 heavy (non-hydrogen) atoms. The third-order valence-corrected chi connectivity index (χ3v) is 5.18. The van der Waals surface area contributed by atoms with Gasteiger partial charge in [0.2, 0.25) is 0 Å². The van der Waals surface area contributed by atoms with Gasteiger partial charge in [0.15, 0.2) is 0 Å². The van der Waals surface area contributed by atoms with Crippen LogP contribution in [0.2, 0.25) is 0 Å². The number of hydrogen-bond donors (Lipinski definition) is 0. The van der Waals surface area contributed by atoms with E-state index < -0.39 is 0 Å². The number of benzene rings is 1. The molecule has 0 saturated heterocycles. The first-order chi connectivity index (χ1) is 12.5. The fourth-order valence-electron chi connectivity index (χ4n) is 2.48. The van der Waals surface area contributed by atoms with Gasteiger partial charge in [0.1, 0.15) is 5.82 Å². The van der Waals surface area contributed by atoms with Crippen molar-refractivity contribution in [1.29, 1.82) is 0 Å². The van der Waals surface area contributed by atoms with Crippen LogP contribution in [0.1, 0.15) is 21.7 Å². The predicted molar refractivity (Wildman–Crippen MR) is 98.9 cm³/mol. The first-order valence-electron chi connectivity index (χ1n) is 8.17. The second kappa shape index (κ2) is 9.45. The summed E-state index contributed by atoms with van der Waals surface area (Å²) in [5.74, 6) is -0.824. The van der Waals surface area contributed by atoms with Crippen LogP contribution in [0, 0.1) is 12.7 Å². The van der Waals surface area contributed by atoms with Crippen molar-refractivity contribution in [2.24, 2.45) is 0 Å². The summed E-state index contributed by atoms with van der Waals surface area (Å²) in [5.41, 5.74) is 1.82. The summed E-state index contributed by atoms with van der Waals surface area (Å²) in [6, 6.07) is 8.02. The molecule has 0 bridgehead atoms. The molecule has 7 heteroatoms. The Morgan fingerprint density at radius 1 is 1.15 bits per heavy atom. The van der Waals surface area contributed by atoms with Crippen molar-refractivity contribution in [3.63, 3.8) is 0 Å². The molecule has 0 aliphatic heterocycles. The Morgan fingerprint density at radius 2 is 1.85 bits per heavy atom. The number of halogens is 1. The molecule has 1 amide bonds. The van der Waals surface area contributed by atoms with Gasteiger partial charge in [-0.15, -0.1) is 11.3 Å². The molecule has 1 heterocycles. The topological polar surface area (TPSA) is 55.8 Å². The van der Waals surface area contributed by atoms with E-state index in [4.69, 9.17) is 4.74 Å². The molecular formula is C19H22FNO4S. The van der Waals surface area contributed by atoms with E-state index in [1.807, 2.05) is 13.0 Å². The summed E-state index contributed by atoms with van der Waals surface area (Å²) in [5, 5.41) is 0. The highest BCUT2D eigenvalue weighted by Crippen LogP contribution is 2.33. The lowest BCUT2D eigenvalue weighted by atomic mass is 10.1. The lowest BCUT2D eigenvalue weighted by Crippen LogP contribution is -2.35. The number of rotatable bonds is 8. The predicted octanol–water partition coefficient (Wildman–Crippen LogP) is 3.51. The molecule has 0 aliphatic rings. The summed E-state index contributed by atoms with van der Waals surface area (Å²) >= 11 is 1.36. The molecule has 5 nitrogen and oxygen atoms in total. The number of methoxy groups -OCH3 is 2. The van der Waals surface area contributed by atoms with Crippen LogP contribution in [0.5, 0.6) is 0 Å². The Bertz CT molecular complexity index is 757. The fourth-order valence-corrected chi connectivity index (χ4v) is 3.62. The lowest BCUT2D eigenvalue weighted by Gasteiger charge is -2.21. The molecule has 0 saturated carbocycles. The van der Waals surface area contributed by atoms with Gasteiger partial charge in [0.25, 0.3) is 5.91 Å². The molecule has 1 aromatic heterocycles. The molecular weight excluding hydrogens is 357 g/mol. The van der Waals surface area contributed by atoms with Crippen molar-refractivity contribution in [1.82, 2.24) is 4.90 Å². The van der Waals surface area contributed by atoms with Gasteiger partial charge in [-0.1, -0.05) is 12.1 Å². The summed E-state index contributed by atoms with van der Waals surface area (Å²) < 4.78 is 22.8. The van der Waals surface area contributed by atoms with Crippen LogP contribution < -0.4 is 0 Å². The smallest absolute Gasteiger partial charge is 0.307 e. The van der Waals surface area contributed by atoms with Gasteiger partial charge in [0.05, 0.1) is 25.0 Å². The molecule has 2 aromatic rings. The number of ether oxygens (including phenoxy) is 2. The Hall–Kier alpha value is -2.25. The van der Waals surface area contributed by atoms with Crippen molar-refractivity contribution in [2.75, 3.05) is 33.9 Å². The van der Waals surface area contributed by atoms with Gasteiger partial charge in [-0.05, 0) is 36.2 Å². The highest BCUT2D eigenvalue weighted by Gasteiger charge is 2.20. The zero-order chi connectivity index (χ0) is 19.1. The van der Waals surface area contributed by atoms with Crippen LogP contribution in [0.25, 0.3) is 10.4 Å². The summed E-state index contributed by atoms with van der Waals surface area (Å²) in [6.45, 7) is 2.94. The molecule has 0 atom stereocenters. The average Bonchev–Trinajstić information content (AvgIpc) is 3.03. The van der Waals surface area contributed by atoms with E-state index in [-0.39, 0.29) is 30.7 Å². The van der Waals surface area contributed by atoms with E-state index in [2.05, 4.69) is 4.74 Å². The summed E-state index contributed by atoms with van der Waals surface area (Å²) in [6.07, 6.45) is 0.126. The second-order valence-corrected chi connectivity index (χ2v) is 6.79. The zero-order valence-corrected chi connectivity index (χ0v) is 15.9. The molecule has 0 unspecified atom stereocenters. The van der Waals surface area contributed by atoms with E-state index in [0.29, 0.717) is 18.0 Å². The lowest BCUT2D eigenvalue weighted by molar-refractivity contribution is -0.140. The molecule has 0 radical (unpaired) electrons. The van der Waals surface area contributed by atoms with Crippen molar-refractivity contribution >= 4 is 23.2 Å². The molecule has 140 valence electrons. The molecule has 0 N–H and O–H groups in total. The number of esters is 1. The Labute approximate surface area is 156 Å². The summed E-state index contributed by atoms with van der Waals surface area (Å²) in [7, 11) is 2.88. The van der Waals surface area contributed by atoms with Crippen LogP contribution in [0.3, 0.4) is 0 Å². The number of carbonyl (C=O) groups is 2. The SMILES string of the molecule is COCCN(CCC(=O)OC)C(=O)c1cc(C)c(-c2ccc(F)cc2)s1. The standard InChI is InChI=1S/C19H22FNO4S/c1-13-12-16(26-18(13)14-4-6-15(20)7-5-14)19(23)21(10-11-24-2)9-8-17(22)25-3/h4-7,12H,8-11H2,1-3H3. The molecule has 0 spiro atoms. The summed E-state index contributed by atoms with van der Waals surface area (Å²) in [4.78, 5) is 27.4. The van der Waals surface area contributed by atoms with E-state index in [0.717, 1.165) is 16.0 Å². The van der Waals surface area contributed by atoms with Crippen molar-refractivity contribution in [3.8, 4) is 10.4 Å². The van der Waals surface area contributed by atoms with Gasteiger partial charge < -0.3 is 14.4 Å². The van der Waals surface area contributed by atoms with Gasteiger partial charge in [-0.3, -0.25) is 9.59 Å². The first-order valence-corrected chi connectivity index (χ1v) is 8.99. The number of thiophene rings is 1. The zero-order valence-electron chi connectivity index (χ0n) is 15.1. The maximum atomic E-state index is 13.1. The minimum atomic E-state index is -0.366. The number of nitrogens with zero attached hydrogens (tertiary/aromatic N) is 1. The van der Waals surface area contributed by atoms with Crippen molar-refractivity contribution in [2.45, 2.75) is 13.3 Å². The van der Waals surface area contributed by atoms with Crippen LogP contribution in [-0.2, 0) is 14.3 Å². The van der Waals surface area contributed by atoms with E-state index in [1.165, 1.54) is 30.6 Å². The number of hydrogen-bond acceptors (Lipinski definition) is 5. The minimum Gasteiger partial charge on any atom is -0.469 e. The maximum Gasteiger partial charge on any atom is 0.307 e.